The lowest BCUT2D eigenvalue weighted by atomic mass is 10.3. The van der Waals surface area contributed by atoms with E-state index in [-0.39, 0.29) is 4.75 Å². The first-order valence-electron chi connectivity index (χ1n) is 3.67. The molecule has 1 heterocycles. The maximum atomic E-state index is 4.64. The Balaban J connectivity index is 2.75. The van der Waals surface area contributed by atoms with Gasteiger partial charge in [-0.3, -0.25) is 0 Å². The molecule has 1 aliphatic heterocycles. The lowest BCUT2D eigenvalue weighted by Crippen LogP contribution is -2.11. The van der Waals surface area contributed by atoms with E-state index in [1.807, 2.05) is 23.3 Å². The van der Waals surface area contributed by atoms with E-state index in [1.165, 1.54) is 0 Å². The summed E-state index contributed by atoms with van der Waals surface area (Å²) in [5.74, 6) is 0. The molecule has 0 aromatic carbocycles. The molecule has 0 saturated carbocycles. The molecule has 0 amide bonds. The average Bonchev–Trinajstić information content (AvgIpc) is 2.08. The summed E-state index contributed by atoms with van der Waals surface area (Å²) in [7, 11) is 0.671. The molecule has 0 aromatic rings. The SMILES string of the molecule is CC1=NN=CS1(S)SC(C)(C)C. The van der Waals surface area contributed by atoms with Crippen LogP contribution in [0.25, 0.3) is 0 Å². The van der Waals surface area contributed by atoms with Gasteiger partial charge in [-0.05, 0) is 6.92 Å². The van der Waals surface area contributed by atoms with Gasteiger partial charge in [-0.2, -0.15) is 5.10 Å². The van der Waals surface area contributed by atoms with Gasteiger partial charge in [0.15, 0.2) is 0 Å². The van der Waals surface area contributed by atoms with Crippen LogP contribution in [0.2, 0.25) is 0 Å². The molecule has 0 bridgehead atoms. The van der Waals surface area contributed by atoms with Crippen molar-refractivity contribution in [3.63, 3.8) is 0 Å². The van der Waals surface area contributed by atoms with Crippen molar-refractivity contribution in [3.05, 3.63) is 0 Å². The fourth-order valence-corrected chi connectivity index (χ4v) is 7.43. The molecule has 1 aliphatic rings. The molecule has 2 nitrogen and oxygen atoms in total. The lowest BCUT2D eigenvalue weighted by Gasteiger charge is -2.32. The van der Waals surface area contributed by atoms with Crippen LogP contribution in [0.1, 0.15) is 27.7 Å². The van der Waals surface area contributed by atoms with Gasteiger partial charge >= 0.3 is 0 Å². The van der Waals surface area contributed by atoms with Crippen LogP contribution < -0.4 is 0 Å². The number of rotatable bonds is 1. The molecule has 0 radical (unpaired) electrons. The Morgan fingerprint density at radius 1 is 1.50 bits per heavy atom. The van der Waals surface area contributed by atoms with Crippen LogP contribution in [0.4, 0.5) is 0 Å². The Bertz CT molecular complexity index is 242. The van der Waals surface area contributed by atoms with Crippen molar-refractivity contribution in [2.75, 3.05) is 0 Å². The van der Waals surface area contributed by atoms with Gasteiger partial charge < -0.3 is 0 Å². The molecule has 0 spiro atoms. The van der Waals surface area contributed by atoms with Crippen LogP contribution in [-0.2, 0) is 0 Å². The minimum atomic E-state index is -1.17. The fourth-order valence-electron chi connectivity index (χ4n) is 0.766. The molecule has 0 aliphatic carbocycles. The van der Waals surface area contributed by atoms with Crippen LogP contribution in [-0.4, -0.2) is 15.3 Å². The predicted octanol–water partition coefficient (Wildman–Crippen LogP) is 3.46. The smallest absolute Gasteiger partial charge is 0.0983 e. The fraction of sp³-hybridized carbons (Fsp3) is 0.714. The normalized spacial score (nSPS) is 34.6. The minimum absolute atomic E-state index is 0.213. The first-order chi connectivity index (χ1) is 5.33. The summed E-state index contributed by atoms with van der Waals surface area (Å²) in [5.41, 5.74) is 1.88. The highest BCUT2D eigenvalue weighted by Crippen LogP contribution is 2.68. The maximum absolute atomic E-state index is 4.64. The second-order valence-corrected chi connectivity index (χ2v) is 11.5. The molecule has 0 saturated heterocycles. The third-order valence-electron chi connectivity index (χ3n) is 1.19. The van der Waals surface area contributed by atoms with E-state index in [0.29, 0.717) is 0 Å². The largest absolute Gasteiger partial charge is 0.151 e. The first-order valence-corrected chi connectivity index (χ1v) is 7.76. The summed E-state index contributed by atoms with van der Waals surface area (Å²) in [4.78, 5) is 0. The van der Waals surface area contributed by atoms with Crippen LogP contribution in [0.15, 0.2) is 10.2 Å². The number of thiol groups is 1. The first kappa shape index (κ1) is 10.5. The Morgan fingerprint density at radius 3 is 2.42 bits per heavy atom. The zero-order chi connectivity index (χ0) is 9.41. The molecule has 1 rings (SSSR count). The maximum Gasteiger partial charge on any atom is 0.0983 e. The zero-order valence-electron chi connectivity index (χ0n) is 7.74. The highest BCUT2D eigenvalue weighted by atomic mass is 33.5. The molecule has 12 heavy (non-hydrogen) atoms. The van der Waals surface area contributed by atoms with Gasteiger partial charge in [0.25, 0.3) is 0 Å². The van der Waals surface area contributed by atoms with E-state index in [2.05, 4.69) is 42.6 Å². The van der Waals surface area contributed by atoms with Crippen LogP contribution in [0.5, 0.6) is 0 Å². The van der Waals surface area contributed by atoms with Gasteiger partial charge in [-0.15, -0.1) is 16.8 Å². The third-order valence-corrected chi connectivity index (χ3v) is 8.24. The van der Waals surface area contributed by atoms with Gasteiger partial charge in [0, 0.05) is 4.75 Å². The summed E-state index contributed by atoms with van der Waals surface area (Å²) in [5, 5.41) is 8.95. The Kier molecular flexibility index (Phi) is 2.85. The number of hydrogen-bond donors (Lipinski definition) is 1. The molecular weight excluding hydrogens is 208 g/mol. The standard InChI is InChI=1S/C7H14N2S3/c1-6-9-8-5-12(6,10)11-7(2,3)4/h5,10H,1-4H3. The highest BCUT2D eigenvalue weighted by Gasteiger charge is 2.31. The van der Waals surface area contributed by atoms with Gasteiger partial charge in [-0.1, -0.05) is 39.7 Å². The van der Waals surface area contributed by atoms with E-state index >= 15 is 0 Å². The van der Waals surface area contributed by atoms with E-state index in [1.54, 1.807) is 0 Å². The average molecular weight is 222 g/mol. The van der Waals surface area contributed by atoms with Crippen molar-refractivity contribution in [1.29, 1.82) is 0 Å². The highest BCUT2D eigenvalue weighted by molar-refractivity contribution is 9.31. The molecule has 0 fully saturated rings. The second kappa shape index (κ2) is 3.27. The lowest BCUT2D eigenvalue weighted by molar-refractivity contribution is 0.810. The summed E-state index contributed by atoms with van der Waals surface area (Å²) in [6.45, 7) is 8.54. The van der Waals surface area contributed by atoms with Gasteiger partial charge in [0.1, 0.15) is 0 Å². The summed E-state index contributed by atoms with van der Waals surface area (Å²) in [6.07, 6.45) is 0. The van der Waals surface area contributed by atoms with E-state index in [4.69, 9.17) is 0 Å². The number of hydrogen-bond acceptors (Lipinski definition) is 4. The topological polar surface area (TPSA) is 24.7 Å². The van der Waals surface area contributed by atoms with Crippen LogP contribution in [0, 0.1) is 0 Å². The summed E-state index contributed by atoms with van der Waals surface area (Å²) < 4.78 is 0.213. The molecule has 0 N–H and O–H groups in total. The van der Waals surface area contributed by atoms with Crippen molar-refractivity contribution in [2.24, 2.45) is 10.2 Å². The van der Waals surface area contributed by atoms with Crippen molar-refractivity contribution < 1.29 is 0 Å². The molecule has 1 unspecified atom stereocenters. The Morgan fingerprint density at radius 2 is 2.08 bits per heavy atom. The van der Waals surface area contributed by atoms with Gasteiger partial charge in [-0.25, -0.2) is 0 Å². The van der Waals surface area contributed by atoms with Crippen molar-refractivity contribution in [2.45, 2.75) is 32.4 Å². The van der Waals surface area contributed by atoms with E-state index < -0.39 is 8.09 Å². The van der Waals surface area contributed by atoms with Crippen LogP contribution >= 0.6 is 30.5 Å². The van der Waals surface area contributed by atoms with Crippen LogP contribution in [0.3, 0.4) is 0 Å². The van der Waals surface area contributed by atoms with Crippen molar-refractivity contribution >= 4 is 41.1 Å². The molecule has 1 atom stereocenters. The summed E-state index contributed by atoms with van der Waals surface area (Å²) in [6, 6.07) is 0. The molecule has 0 aromatic heterocycles. The van der Waals surface area contributed by atoms with Crippen molar-refractivity contribution in [3.8, 4) is 0 Å². The second-order valence-electron chi connectivity index (χ2n) is 3.60. The number of nitrogens with zero attached hydrogens (tertiary/aromatic N) is 2. The molecular formula is C7H14N2S3. The Labute approximate surface area is 83.8 Å². The Hall–Kier alpha value is 0.390. The third kappa shape index (κ3) is 2.44. The van der Waals surface area contributed by atoms with E-state index in [0.717, 1.165) is 5.04 Å². The van der Waals surface area contributed by atoms with E-state index in [9.17, 15) is 0 Å². The van der Waals surface area contributed by atoms with Gasteiger partial charge in [0.2, 0.25) is 0 Å². The molecule has 5 heteroatoms. The zero-order valence-corrected chi connectivity index (χ0v) is 10.3. The quantitative estimate of drug-likeness (QED) is 0.533. The minimum Gasteiger partial charge on any atom is -0.151 e. The summed E-state index contributed by atoms with van der Waals surface area (Å²) >= 11 is 4.64. The monoisotopic (exact) mass is 222 g/mol. The van der Waals surface area contributed by atoms with Gasteiger partial charge in [0.05, 0.1) is 10.6 Å². The molecule has 70 valence electrons. The van der Waals surface area contributed by atoms with Crippen molar-refractivity contribution in [1.82, 2.24) is 0 Å². The predicted molar refractivity (Wildman–Crippen MR) is 65.5 cm³/mol.